The number of nitrogens with zero attached hydrogens (tertiary/aromatic N) is 1. The van der Waals surface area contributed by atoms with Gasteiger partial charge in [-0.05, 0) is 20.3 Å². The molecule has 2 N–H and O–H groups in total. The predicted octanol–water partition coefficient (Wildman–Crippen LogP) is 0.224. The molecular formula is C12H20N2O4. The van der Waals surface area contributed by atoms with Gasteiger partial charge in [-0.2, -0.15) is 0 Å². The lowest BCUT2D eigenvalue weighted by Crippen LogP contribution is -2.53. The molecule has 6 nitrogen and oxygen atoms in total. The van der Waals surface area contributed by atoms with Gasteiger partial charge in [0.1, 0.15) is 5.54 Å². The largest absolute Gasteiger partial charge is 0.480 e. The van der Waals surface area contributed by atoms with Gasteiger partial charge in [-0.15, -0.1) is 0 Å². The molecule has 1 saturated heterocycles. The van der Waals surface area contributed by atoms with Gasteiger partial charge in [-0.1, -0.05) is 6.92 Å². The Labute approximate surface area is 106 Å². The number of nitrogens with one attached hydrogen (secondary N) is 1. The highest BCUT2D eigenvalue weighted by molar-refractivity contribution is 5.92. The Balaban J connectivity index is 2.67. The van der Waals surface area contributed by atoms with Crippen molar-refractivity contribution in [1.29, 1.82) is 0 Å². The van der Waals surface area contributed by atoms with Crippen LogP contribution in [0.15, 0.2) is 0 Å². The summed E-state index contributed by atoms with van der Waals surface area (Å²) in [5, 5.41) is 11.6. The number of amides is 2. The first-order valence-electron chi connectivity index (χ1n) is 6.17. The molecule has 2 atom stereocenters. The van der Waals surface area contributed by atoms with Gasteiger partial charge in [0.25, 0.3) is 0 Å². The summed E-state index contributed by atoms with van der Waals surface area (Å²) in [6.07, 6.45) is 0.464. The van der Waals surface area contributed by atoms with Crippen LogP contribution in [-0.4, -0.2) is 46.4 Å². The fraction of sp³-hybridized carbons (Fsp3) is 0.750. The molecule has 1 aliphatic rings. The van der Waals surface area contributed by atoms with E-state index in [9.17, 15) is 14.4 Å². The molecule has 2 unspecified atom stereocenters. The Morgan fingerprint density at radius 2 is 2.11 bits per heavy atom. The number of hydrogen-bond donors (Lipinski definition) is 2. The van der Waals surface area contributed by atoms with Gasteiger partial charge in [0.15, 0.2) is 0 Å². The number of carbonyl (C=O) groups is 3. The van der Waals surface area contributed by atoms with Crippen molar-refractivity contribution in [2.45, 2.75) is 39.2 Å². The summed E-state index contributed by atoms with van der Waals surface area (Å²) < 4.78 is 0. The average molecular weight is 256 g/mol. The lowest BCUT2D eigenvalue weighted by atomic mass is 9.97. The third kappa shape index (κ3) is 2.80. The maximum absolute atomic E-state index is 12.0. The van der Waals surface area contributed by atoms with Crippen molar-refractivity contribution in [3.63, 3.8) is 0 Å². The first-order valence-corrected chi connectivity index (χ1v) is 6.17. The number of likely N-dealkylation sites (tertiary alicyclic amines) is 1. The van der Waals surface area contributed by atoms with Crippen LogP contribution in [0.3, 0.4) is 0 Å². The molecule has 0 aromatic rings. The Morgan fingerprint density at radius 1 is 1.50 bits per heavy atom. The Morgan fingerprint density at radius 3 is 2.50 bits per heavy atom. The number of carbonyl (C=O) groups excluding carboxylic acids is 2. The Hall–Kier alpha value is -1.59. The predicted molar refractivity (Wildman–Crippen MR) is 64.8 cm³/mol. The van der Waals surface area contributed by atoms with Crippen LogP contribution >= 0.6 is 0 Å². The van der Waals surface area contributed by atoms with Gasteiger partial charge in [0.05, 0.1) is 5.92 Å². The Bertz CT molecular complexity index is 369. The summed E-state index contributed by atoms with van der Waals surface area (Å²) in [4.78, 5) is 36.2. The summed E-state index contributed by atoms with van der Waals surface area (Å²) in [5.41, 5.74) is -1.26. The molecule has 2 amide bonds. The van der Waals surface area contributed by atoms with Crippen molar-refractivity contribution in [3.05, 3.63) is 0 Å². The third-order valence-corrected chi connectivity index (χ3v) is 3.55. The number of carboxylic acids is 1. The molecule has 0 spiro atoms. The quantitative estimate of drug-likeness (QED) is 0.737. The second kappa shape index (κ2) is 5.37. The van der Waals surface area contributed by atoms with Crippen molar-refractivity contribution in [2.75, 3.05) is 13.1 Å². The first-order chi connectivity index (χ1) is 8.34. The minimum atomic E-state index is -1.26. The molecule has 0 aliphatic carbocycles. The molecule has 1 heterocycles. The molecule has 102 valence electrons. The molecule has 0 bridgehead atoms. The second-order valence-electron chi connectivity index (χ2n) is 4.81. The highest BCUT2D eigenvalue weighted by atomic mass is 16.4. The molecule has 0 saturated carbocycles. The molecule has 0 aromatic carbocycles. The third-order valence-electron chi connectivity index (χ3n) is 3.55. The zero-order chi connectivity index (χ0) is 13.9. The summed E-state index contributed by atoms with van der Waals surface area (Å²) in [5.74, 6) is -1.91. The summed E-state index contributed by atoms with van der Waals surface area (Å²) in [6.45, 7) is 5.98. The van der Waals surface area contributed by atoms with E-state index in [1.165, 1.54) is 6.92 Å². The van der Waals surface area contributed by atoms with Gasteiger partial charge >= 0.3 is 5.97 Å². The summed E-state index contributed by atoms with van der Waals surface area (Å²) in [7, 11) is 0. The van der Waals surface area contributed by atoms with Crippen molar-refractivity contribution >= 4 is 17.8 Å². The van der Waals surface area contributed by atoms with Crippen molar-refractivity contribution in [1.82, 2.24) is 10.2 Å². The first kappa shape index (κ1) is 14.5. The number of rotatable bonds is 5. The fourth-order valence-electron chi connectivity index (χ4n) is 1.92. The molecule has 1 fully saturated rings. The molecule has 1 aliphatic heterocycles. The van der Waals surface area contributed by atoms with E-state index in [1.807, 2.05) is 6.92 Å². The van der Waals surface area contributed by atoms with Crippen LogP contribution in [0.1, 0.15) is 33.6 Å². The van der Waals surface area contributed by atoms with Crippen LogP contribution < -0.4 is 5.32 Å². The van der Waals surface area contributed by atoms with E-state index >= 15 is 0 Å². The lowest BCUT2D eigenvalue weighted by Gasteiger charge is -2.26. The smallest absolute Gasteiger partial charge is 0.329 e. The zero-order valence-electron chi connectivity index (χ0n) is 11.0. The van der Waals surface area contributed by atoms with Crippen LogP contribution in [0.4, 0.5) is 0 Å². The van der Waals surface area contributed by atoms with Gasteiger partial charge < -0.3 is 15.3 Å². The van der Waals surface area contributed by atoms with Crippen LogP contribution in [-0.2, 0) is 14.4 Å². The molecule has 6 heteroatoms. The summed E-state index contributed by atoms with van der Waals surface area (Å²) >= 11 is 0. The maximum Gasteiger partial charge on any atom is 0.329 e. The normalized spacial score (nSPS) is 22.7. The van der Waals surface area contributed by atoms with Gasteiger partial charge in [-0.25, -0.2) is 4.79 Å². The topological polar surface area (TPSA) is 86.7 Å². The summed E-state index contributed by atoms with van der Waals surface area (Å²) in [6, 6.07) is 0. The van der Waals surface area contributed by atoms with E-state index in [1.54, 1.807) is 11.8 Å². The Kier molecular flexibility index (Phi) is 4.32. The molecule has 0 radical (unpaired) electrons. The minimum absolute atomic E-state index is 0.0498. The van der Waals surface area contributed by atoms with Crippen molar-refractivity contribution in [3.8, 4) is 0 Å². The van der Waals surface area contributed by atoms with E-state index < -0.39 is 17.4 Å². The molecule has 0 aromatic heterocycles. The molecule has 18 heavy (non-hydrogen) atoms. The monoisotopic (exact) mass is 256 g/mol. The zero-order valence-corrected chi connectivity index (χ0v) is 11.0. The fourth-order valence-corrected chi connectivity index (χ4v) is 1.92. The van der Waals surface area contributed by atoms with Gasteiger partial charge in [0, 0.05) is 19.5 Å². The number of aliphatic carboxylic acids is 1. The number of hydrogen-bond acceptors (Lipinski definition) is 3. The van der Waals surface area contributed by atoms with E-state index in [0.717, 1.165) is 0 Å². The lowest BCUT2D eigenvalue weighted by molar-refractivity contribution is -0.147. The van der Waals surface area contributed by atoms with E-state index in [4.69, 9.17) is 5.11 Å². The second-order valence-corrected chi connectivity index (χ2v) is 4.81. The van der Waals surface area contributed by atoms with Crippen LogP contribution in [0.5, 0.6) is 0 Å². The minimum Gasteiger partial charge on any atom is -0.480 e. The molecule has 1 rings (SSSR count). The van der Waals surface area contributed by atoms with Gasteiger partial charge in [-0.3, -0.25) is 9.59 Å². The average Bonchev–Trinajstić information content (AvgIpc) is 2.70. The molecular weight excluding hydrogens is 236 g/mol. The van der Waals surface area contributed by atoms with Crippen molar-refractivity contribution in [2.24, 2.45) is 5.92 Å². The highest BCUT2D eigenvalue weighted by Gasteiger charge is 2.39. The SMILES string of the molecule is CCN1CC(C(=O)NC(C)(CC)C(=O)O)CC1=O. The van der Waals surface area contributed by atoms with Crippen LogP contribution in [0.2, 0.25) is 0 Å². The van der Waals surface area contributed by atoms with E-state index in [-0.39, 0.29) is 18.2 Å². The van der Waals surface area contributed by atoms with E-state index in [0.29, 0.717) is 19.5 Å². The highest BCUT2D eigenvalue weighted by Crippen LogP contribution is 2.19. The van der Waals surface area contributed by atoms with Crippen LogP contribution in [0, 0.1) is 5.92 Å². The maximum atomic E-state index is 12.0. The standard InChI is InChI=1S/C12H20N2O4/c1-4-12(3,11(17)18)13-10(16)8-6-9(15)14(5-2)7-8/h8H,4-7H2,1-3H3,(H,13,16)(H,17,18). The van der Waals surface area contributed by atoms with Crippen molar-refractivity contribution < 1.29 is 19.5 Å². The van der Waals surface area contributed by atoms with Crippen LogP contribution in [0.25, 0.3) is 0 Å². The van der Waals surface area contributed by atoms with E-state index in [2.05, 4.69) is 5.32 Å². The van der Waals surface area contributed by atoms with Gasteiger partial charge in [0.2, 0.25) is 11.8 Å². The number of carboxylic acid groups (broad SMARTS) is 1.